The molecule has 0 fully saturated rings. The molecule has 0 saturated carbocycles. The Bertz CT molecular complexity index is 680. The minimum absolute atomic E-state index is 0.208. The summed E-state index contributed by atoms with van der Waals surface area (Å²) in [5.74, 6) is -2.32. The number of ether oxygens (including phenoxy) is 1. The Kier molecular flexibility index (Phi) is 4.98. The fraction of sp³-hybridized carbons (Fsp3) is 0.0714. The minimum atomic E-state index is -0.877. The summed E-state index contributed by atoms with van der Waals surface area (Å²) in [6.07, 6.45) is 0. The number of amides is 1. The van der Waals surface area contributed by atoms with E-state index in [1.807, 2.05) is 0 Å². The summed E-state index contributed by atoms with van der Waals surface area (Å²) in [5, 5.41) is 3.16. The molecule has 0 heterocycles. The largest absolute Gasteiger partial charge is 0.481 e. The van der Waals surface area contributed by atoms with Crippen LogP contribution >= 0.6 is 23.2 Å². The van der Waals surface area contributed by atoms with Crippen molar-refractivity contribution in [2.45, 2.75) is 0 Å². The van der Waals surface area contributed by atoms with Crippen molar-refractivity contribution >= 4 is 34.8 Å². The molecule has 2 aromatic rings. The SMILES string of the molecule is O=C(COc1ccc(F)cc1F)Nc1ccc(Cl)c(Cl)c1. The normalized spacial score (nSPS) is 10.3. The number of hydrogen-bond donors (Lipinski definition) is 1. The average molecular weight is 332 g/mol. The van der Waals surface area contributed by atoms with Gasteiger partial charge in [-0.25, -0.2) is 8.78 Å². The molecule has 0 radical (unpaired) electrons. The smallest absolute Gasteiger partial charge is 0.262 e. The summed E-state index contributed by atoms with van der Waals surface area (Å²) in [6.45, 7) is -0.428. The second kappa shape index (κ2) is 6.74. The Labute approximate surface area is 129 Å². The molecule has 2 rings (SSSR count). The number of hydrogen-bond acceptors (Lipinski definition) is 2. The van der Waals surface area contributed by atoms with Crippen LogP contribution in [0.1, 0.15) is 0 Å². The Morgan fingerprint density at radius 2 is 1.86 bits per heavy atom. The summed E-state index contributed by atoms with van der Waals surface area (Å²) in [7, 11) is 0. The maximum Gasteiger partial charge on any atom is 0.262 e. The average Bonchev–Trinajstić information content (AvgIpc) is 2.42. The second-order valence-electron chi connectivity index (χ2n) is 4.04. The van der Waals surface area contributed by atoms with Crippen LogP contribution in [0, 0.1) is 11.6 Å². The summed E-state index contributed by atoms with van der Waals surface area (Å²) in [4.78, 5) is 11.7. The summed E-state index contributed by atoms with van der Waals surface area (Å²) >= 11 is 11.6. The molecule has 7 heteroatoms. The number of anilines is 1. The van der Waals surface area contributed by atoms with Crippen LogP contribution in [-0.2, 0) is 4.79 Å². The third kappa shape index (κ3) is 4.31. The molecular weight excluding hydrogens is 323 g/mol. The van der Waals surface area contributed by atoms with Gasteiger partial charge in [-0.2, -0.15) is 0 Å². The third-order valence-corrected chi connectivity index (χ3v) is 3.20. The fourth-order valence-electron chi connectivity index (χ4n) is 1.51. The molecule has 110 valence electrons. The number of nitrogens with one attached hydrogen (secondary N) is 1. The number of rotatable bonds is 4. The highest BCUT2D eigenvalue weighted by Gasteiger charge is 2.09. The van der Waals surface area contributed by atoms with E-state index in [9.17, 15) is 13.6 Å². The quantitative estimate of drug-likeness (QED) is 0.907. The summed E-state index contributed by atoms with van der Waals surface area (Å²) < 4.78 is 31.0. The van der Waals surface area contributed by atoms with Gasteiger partial charge in [0.05, 0.1) is 10.0 Å². The standard InChI is InChI=1S/C14H9Cl2F2NO2/c15-10-3-2-9(6-11(10)16)19-14(20)7-21-13-4-1-8(17)5-12(13)18/h1-6H,7H2,(H,19,20). The van der Waals surface area contributed by atoms with Crippen LogP contribution < -0.4 is 10.1 Å². The maximum atomic E-state index is 13.3. The van der Waals surface area contributed by atoms with Gasteiger partial charge in [0, 0.05) is 11.8 Å². The molecule has 21 heavy (non-hydrogen) atoms. The highest BCUT2D eigenvalue weighted by molar-refractivity contribution is 6.42. The first-order valence-electron chi connectivity index (χ1n) is 5.78. The van der Waals surface area contributed by atoms with Crippen molar-refractivity contribution < 1.29 is 18.3 Å². The van der Waals surface area contributed by atoms with E-state index in [1.54, 1.807) is 6.07 Å². The van der Waals surface area contributed by atoms with Crippen molar-refractivity contribution in [3.63, 3.8) is 0 Å². The Balaban J connectivity index is 1.94. The Morgan fingerprint density at radius 1 is 1.10 bits per heavy atom. The predicted molar refractivity (Wildman–Crippen MR) is 76.9 cm³/mol. The molecule has 0 atom stereocenters. The van der Waals surface area contributed by atoms with Crippen molar-refractivity contribution in [3.8, 4) is 5.75 Å². The number of benzene rings is 2. The van der Waals surface area contributed by atoms with Gasteiger partial charge >= 0.3 is 0 Å². The molecule has 2 aromatic carbocycles. The third-order valence-electron chi connectivity index (χ3n) is 2.46. The van der Waals surface area contributed by atoms with E-state index >= 15 is 0 Å². The topological polar surface area (TPSA) is 38.3 Å². The van der Waals surface area contributed by atoms with Crippen molar-refractivity contribution in [2.75, 3.05) is 11.9 Å². The van der Waals surface area contributed by atoms with E-state index in [0.29, 0.717) is 21.8 Å². The monoisotopic (exact) mass is 331 g/mol. The zero-order valence-electron chi connectivity index (χ0n) is 10.5. The first-order valence-corrected chi connectivity index (χ1v) is 6.54. The molecule has 0 aliphatic heterocycles. The Hall–Kier alpha value is -1.85. The van der Waals surface area contributed by atoms with Crippen LogP contribution in [0.15, 0.2) is 36.4 Å². The van der Waals surface area contributed by atoms with Crippen molar-refractivity contribution in [1.82, 2.24) is 0 Å². The molecule has 0 bridgehead atoms. The molecule has 0 spiro atoms. The van der Waals surface area contributed by atoms with Gasteiger partial charge in [-0.1, -0.05) is 23.2 Å². The fourth-order valence-corrected chi connectivity index (χ4v) is 1.80. The molecule has 0 aromatic heterocycles. The van der Waals surface area contributed by atoms with Crippen molar-refractivity contribution in [3.05, 3.63) is 58.1 Å². The van der Waals surface area contributed by atoms with Gasteiger partial charge in [-0.3, -0.25) is 4.79 Å². The van der Waals surface area contributed by atoms with Crippen LogP contribution in [0.2, 0.25) is 10.0 Å². The van der Waals surface area contributed by atoms with Gasteiger partial charge in [0.15, 0.2) is 18.2 Å². The first kappa shape index (κ1) is 15.5. The Morgan fingerprint density at radius 3 is 2.52 bits per heavy atom. The van der Waals surface area contributed by atoms with E-state index in [0.717, 1.165) is 12.1 Å². The molecule has 1 N–H and O–H groups in total. The molecule has 1 amide bonds. The summed E-state index contributed by atoms with van der Waals surface area (Å²) in [6, 6.07) is 7.38. The molecule has 3 nitrogen and oxygen atoms in total. The lowest BCUT2D eigenvalue weighted by Gasteiger charge is -2.08. The molecule has 0 aliphatic rings. The minimum Gasteiger partial charge on any atom is -0.481 e. The van der Waals surface area contributed by atoms with Crippen LogP contribution in [0.25, 0.3) is 0 Å². The number of halogens is 4. The van der Waals surface area contributed by atoms with Gasteiger partial charge in [0.2, 0.25) is 0 Å². The van der Waals surface area contributed by atoms with Crippen LogP contribution in [-0.4, -0.2) is 12.5 Å². The van der Waals surface area contributed by atoms with E-state index in [-0.39, 0.29) is 5.75 Å². The van der Waals surface area contributed by atoms with Crippen LogP contribution in [0.5, 0.6) is 5.75 Å². The lowest BCUT2D eigenvalue weighted by atomic mass is 10.3. The zero-order valence-corrected chi connectivity index (χ0v) is 12.0. The maximum absolute atomic E-state index is 13.3. The van der Waals surface area contributed by atoms with Gasteiger partial charge in [-0.05, 0) is 30.3 Å². The lowest BCUT2D eigenvalue weighted by Crippen LogP contribution is -2.20. The van der Waals surface area contributed by atoms with Crippen molar-refractivity contribution in [2.24, 2.45) is 0 Å². The number of carbonyl (C=O) groups excluding carboxylic acids is 1. The predicted octanol–water partition coefficient (Wildman–Crippen LogP) is 4.29. The number of carbonyl (C=O) groups is 1. The van der Waals surface area contributed by atoms with E-state index in [1.165, 1.54) is 12.1 Å². The van der Waals surface area contributed by atoms with Gasteiger partial charge in [0.25, 0.3) is 5.91 Å². The zero-order chi connectivity index (χ0) is 15.4. The molecule has 0 unspecified atom stereocenters. The second-order valence-corrected chi connectivity index (χ2v) is 4.85. The van der Waals surface area contributed by atoms with Gasteiger partial charge in [-0.15, -0.1) is 0 Å². The van der Waals surface area contributed by atoms with Crippen molar-refractivity contribution in [1.29, 1.82) is 0 Å². The molecular formula is C14H9Cl2F2NO2. The van der Waals surface area contributed by atoms with Gasteiger partial charge in [0.1, 0.15) is 5.82 Å². The van der Waals surface area contributed by atoms with Crippen LogP contribution in [0.3, 0.4) is 0 Å². The lowest BCUT2D eigenvalue weighted by molar-refractivity contribution is -0.118. The summed E-state index contributed by atoms with van der Waals surface area (Å²) in [5.41, 5.74) is 0.428. The van der Waals surface area contributed by atoms with E-state index in [4.69, 9.17) is 27.9 Å². The van der Waals surface area contributed by atoms with E-state index < -0.39 is 24.1 Å². The highest BCUT2D eigenvalue weighted by atomic mass is 35.5. The molecule has 0 saturated heterocycles. The van der Waals surface area contributed by atoms with E-state index in [2.05, 4.69) is 5.32 Å². The first-order chi connectivity index (χ1) is 9.95. The van der Waals surface area contributed by atoms with Gasteiger partial charge < -0.3 is 10.1 Å². The van der Waals surface area contributed by atoms with Crippen LogP contribution in [0.4, 0.5) is 14.5 Å². The highest BCUT2D eigenvalue weighted by Crippen LogP contribution is 2.25. The molecule has 0 aliphatic carbocycles.